The van der Waals surface area contributed by atoms with Crippen LogP contribution in [0.4, 0.5) is 0 Å². The summed E-state index contributed by atoms with van der Waals surface area (Å²) in [6, 6.07) is 0.289. The highest BCUT2D eigenvalue weighted by Crippen LogP contribution is 2.23. The van der Waals surface area contributed by atoms with Gasteiger partial charge in [0.1, 0.15) is 0 Å². The van der Waals surface area contributed by atoms with Crippen molar-refractivity contribution in [3.05, 3.63) is 0 Å². The zero-order chi connectivity index (χ0) is 12.0. The maximum atomic E-state index is 11.8. The van der Waals surface area contributed by atoms with Gasteiger partial charge < -0.3 is 16.2 Å². The van der Waals surface area contributed by atoms with Gasteiger partial charge in [0.05, 0.1) is 0 Å². The molecule has 1 amide bonds. The van der Waals surface area contributed by atoms with Crippen molar-refractivity contribution in [2.45, 2.75) is 45.1 Å². The zero-order valence-electron chi connectivity index (χ0n) is 10.1. The van der Waals surface area contributed by atoms with Crippen LogP contribution >= 0.6 is 0 Å². The van der Waals surface area contributed by atoms with E-state index in [1.54, 1.807) is 0 Å². The fourth-order valence-corrected chi connectivity index (χ4v) is 2.12. The van der Waals surface area contributed by atoms with Crippen LogP contribution in [-0.4, -0.2) is 30.2 Å². The average Bonchev–Trinajstić information content (AvgIpc) is 2.27. The Balaban J connectivity index is 2.19. The molecule has 0 aromatic rings. The smallest absolute Gasteiger partial charge is 0.223 e. The topological polar surface area (TPSA) is 75.3 Å². The molecule has 0 radical (unpaired) electrons. The van der Waals surface area contributed by atoms with E-state index in [1.807, 2.05) is 6.92 Å². The molecule has 0 aliphatic heterocycles. The Kier molecular flexibility index (Phi) is 5.77. The van der Waals surface area contributed by atoms with Gasteiger partial charge in [-0.1, -0.05) is 6.92 Å². The molecule has 0 aromatic heterocycles. The third-order valence-electron chi connectivity index (χ3n) is 3.39. The number of carbonyl (C=O) groups is 1. The molecule has 1 saturated carbocycles. The van der Waals surface area contributed by atoms with Crippen molar-refractivity contribution in [3.8, 4) is 0 Å². The fraction of sp³-hybridized carbons (Fsp3) is 0.917. The summed E-state index contributed by atoms with van der Waals surface area (Å²) >= 11 is 0. The van der Waals surface area contributed by atoms with Crippen LogP contribution in [0.25, 0.3) is 0 Å². The Morgan fingerprint density at radius 2 is 2.06 bits per heavy atom. The van der Waals surface area contributed by atoms with Crippen LogP contribution in [0, 0.1) is 11.8 Å². The van der Waals surface area contributed by atoms with Crippen molar-refractivity contribution in [2.75, 3.05) is 13.2 Å². The maximum absolute atomic E-state index is 11.8. The van der Waals surface area contributed by atoms with E-state index in [1.165, 1.54) is 0 Å². The molecule has 0 aromatic carbocycles. The third kappa shape index (κ3) is 4.49. The highest BCUT2D eigenvalue weighted by Gasteiger charge is 2.24. The van der Waals surface area contributed by atoms with E-state index in [9.17, 15) is 4.79 Å². The SMILES string of the molecule is CC(CCO)CNC(=O)C1CCC(N)CC1. The first-order valence-corrected chi connectivity index (χ1v) is 6.27. The molecular weight excluding hydrogens is 204 g/mol. The molecular formula is C12H24N2O2. The van der Waals surface area contributed by atoms with Crippen molar-refractivity contribution >= 4 is 5.91 Å². The van der Waals surface area contributed by atoms with Crippen molar-refractivity contribution in [1.82, 2.24) is 5.32 Å². The summed E-state index contributed by atoms with van der Waals surface area (Å²) in [5.41, 5.74) is 5.80. The summed E-state index contributed by atoms with van der Waals surface area (Å²) in [5.74, 6) is 0.664. The number of carbonyl (C=O) groups excluding carboxylic acids is 1. The second-order valence-electron chi connectivity index (χ2n) is 4.97. The molecule has 0 saturated heterocycles. The first kappa shape index (κ1) is 13.5. The van der Waals surface area contributed by atoms with E-state index < -0.39 is 0 Å². The highest BCUT2D eigenvalue weighted by atomic mass is 16.3. The molecule has 0 spiro atoms. The molecule has 1 aliphatic rings. The maximum Gasteiger partial charge on any atom is 0.223 e. The number of nitrogens with one attached hydrogen (secondary N) is 1. The lowest BCUT2D eigenvalue weighted by Gasteiger charge is -2.25. The molecule has 1 fully saturated rings. The van der Waals surface area contributed by atoms with Crippen LogP contribution in [0.15, 0.2) is 0 Å². The van der Waals surface area contributed by atoms with Crippen LogP contribution in [-0.2, 0) is 4.79 Å². The molecule has 1 atom stereocenters. The molecule has 1 aliphatic carbocycles. The Labute approximate surface area is 97.6 Å². The third-order valence-corrected chi connectivity index (χ3v) is 3.39. The van der Waals surface area contributed by atoms with E-state index in [0.717, 1.165) is 32.1 Å². The summed E-state index contributed by atoms with van der Waals surface area (Å²) in [6.45, 7) is 2.89. The van der Waals surface area contributed by atoms with Crippen LogP contribution < -0.4 is 11.1 Å². The first-order chi connectivity index (χ1) is 7.63. The van der Waals surface area contributed by atoms with Gasteiger partial charge in [-0.25, -0.2) is 0 Å². The van der Waals surface area contributed by atoms with Crippen molar-refractivity contribution in [3.63, 3.8) is 0 Å². The predicted molar refractivity (Wildman–Crippen MR) is 63.8 cm³/mol. The number of rotatable bonds is 5. The molecule has 94 valence electrons. The summed E-state index contributed by atoms with van der Waals surface area (Å²) in [6.07, 6.45) is 4.51. The van der Waals surface area contributed by atoms with Gasteiger partial charge in [-0.15, -0.1) is 0 Å². The summed E-state index contributed by atoms with van der Waals surface area (Å²) in [7, 11) is 0. The molecule has 4 heteroatoms. The number of aliphatic hydroxyl groups is 1. The minimum absolute atomic E-state index is 0.154. The molecule has 4 nitrogen and oxygen atoms in total. The largest absolute Gasteiger partial charge is 0.396 e. The number of aliphatic hydroxyl groups excluding tert-OH is 1. The van der Waals surface area contributed by atoms with Crippen molar-refractivity contribution < 1.29 is 9.90 Å². The molecule has 16 heavy (non-hydrogen) atoms. The minimum atomic E-state index is 0.154. The zero-order valence-corrected chi connectivity index (χ0v) is 10.1. The Morgan fingerprint density at radius 3 is 2.62 bits per heavy atom. The lowest BCUT2D eigenvalue weighted by molar-refractivity contribution is -0.126. The van der Waals surface area contributed by atoms with Gasteiger partial charge in [-0.3, -0.25) is 4.79 Å². The molecule has 0 heterocycles. The van der Waals surface area contributed by atoms with Crippen LogP contribution in [0.1, 0.15) is 39.0 Å². The molecule has 0 bridgehead atoms. The van der Waals surface area contributed by atoms with E-state index in [2.05, 4.69) is 5.32 Å². The highest BCUT2D eigenvalue weighted by molar-refractivity contribution is 5.78. The van der Waals surface area contributed by atoms with Gasteiger partial charge in [-0.05, 0) is 38.0 Å². The quantitative estimate of drug-likeness (QED) is 0.646. The van der Waals surface area contributed by atoms with Crippen molar-refractivity contribution in [2.24, 2.45) is 17.6 Å². The summed E-state index contributed by atoms with van der Waals surface area (Å²) < 4.78 is 0. The normalized spacial score (nSPS) is 27.4. The molecule has 1 rings (SSSR count). The van der Waals surface area contributed by atoms with E-state index in [0.29, 0.717) is 12.5 Å². The van der Waals surface area contributed by atoms with Gasteiger partial charge in [0.15, 0.2) is 0 Å². The van der Waals surface area contributed by atoms with Crippen LogP contribution in [0.2, 0.25) is 0 Å². The van der Waals surface area contributed by atoms with E-state index in [-0.39, 0.29) is 24.5 Å². The Hall–Kier alpha value is -0.610. The molecule has 4 N–H and O–H groups in total. The number of amides is 1. The standard InChI is InChI=1S/C12H24N2O2/c1-9(6-7-15)8-14-12(16)10-2-4-11(13)5-3-10/h9-11,15H,2-8,13H2,1H3,(H,14,16). The second-order valence-corrected chi connectivity index (χ2v) is 4.97. The Morgan fingerprint density at radius 1 is 1.44 bits per heavy atom. The lowest BCUT2D eigenvalue weighted by Crippen LogP contribution is -2.38. The van der Waals surface area contributed by atoms with Gasteiger partial charge in [0.25, 0.3) is 0 Å². The second kappa shape index (κ2) is 6.86. The lowest BCUT2D eigenvalue weighted by atomic mass is 9.86. The monoisotopic (exact) mass is 228 g/mol. The van der Waals surface area contributed by atoms with E-state index in [4.69, 9.17) is 10.8 Å². The predicted octanol–water partition coefficient (Wildman–Crippen LogP) is 0.639. The number of hydrogen-bond acceptors (Lipinski definition) is 3. The summed E-state index contributed by atoms with van der Waals surface area (Å²) in [4.78, 5) is 11.8. The van der Waals surface area contributed by atoms with Gasteiger partial charge in [0, 0.05) is 25.1 Å². The average molecular weight is 228 g/mol. The van der Waals surface area contributed by atoms with E-state index >= 15 is 0 Å². The molecule has 1 unspecified atom stereocenters. The van der Waals surface area contributed by atoms with Crippen LogP contribution in [0.3, 0.4) is 0 Å². The number of nitrogens with two attached hydrogens (primary N) is 1. The van der Waals surface area contributed by atoms with Crippen molar-refractivity contribution in [1.29, 1.82) is 0 Å². The fourth-order valence-electron chi connectivity index (χ4n) is 2.12. The minimum Gasteiger partial charge on any atom is -0.396 e. The van der Waals surface area contributed by atoms with Gasteiger partial charge in [0.2, 0.25) is 5.91 Å². The number of hydrogen-bond donors (Lipinski definition) is 3. The van der Waals surface area contributed by atoms with Gasteiger partial charge >= 0.3 is 0 Å². The Bertz CT molecular complexity index is 213. The van der Waals surface area contributed by atoms with Crippen LogP contribution in [0.5, 0.6) is 0 Å². The summed E-state index contributed by atoms with van der Waals surface area (Å²) in [5, 5.41) is 11.7. The van der Waals surface area contributed by atoms with Gasteiger partial charge in [-0.2, -0.15) is 0 Å². The first-order valence-electron chi connectivity index (χ1n) is 6.27.